The lowest BCUT2D eigenvalue weighted by molar-refractivity contribution is -0.131. The molecule has 0 spiro atoms. The molecule has 98 valence electrons. The van der Waals surface area contributed by atoms with Crippen molar-refractivity contribution in [2.75, 3.05) is 5.32 Å². The smallest absolute Gasteiger partial charge is 0.328 e. The van der Waals surface area contributed by atoms with Gasteiger partial charge >= 0.3 is 5.97 Å². The Morgan fingerprint density at radius 1 is 1.53 bits per heavy atom. The Kier molecular flexibility index (Phi) is 3.98. The van der Waals surface area contributed by atoms with Crippen LogP contribution in [0.4, 0.5) is 5.13 Å². The van der Waals surface area contributed by atoms with E-state index in [-0.39, 0.29) is 5.91 Å². The molecule has 0 saturated heterocycles. The number of aromatic amines is 1. The summed E-state index contributed by atoms with van der Waals surface area (Å²) in [5.41, 5.74) is 0.322. The standard InChI is InChI=1S/C11H8ClN3O3S/c12-6-3-8(13-4-6)10(18)15-11-14-5-7(19-11)1-2-9(16)17/h1-5,13H,(H,16,17)(H,14,15,18)/b2-1+. The van der Waals surface area contributed by atoms with Crippen LogP contribution in [-0.2, 0) is 4.79 Å². The third kappa shape index (κ3) is 3.67. The zero-order chi connectivity index (χ0) is 13.8. The second-order valence-electron chi connectivity index (χ2n) is 3.43. The van der Waals surface area contributed by atoms with E-state index in [1.54, 1.807) is 0 Å². The van der Waals surface area contributed by atoms with Crippen LogP contribution in [0.25, 0.3) is 6.08 Å². The quantitative estimate of drug-likeness (QED) is 0.755. The number of thiazole rings is 1. The third-order valence-corrected chi connectivity index (χ3v) is 3.12. The van der Waals surface area contributed by atoms with Crippen LogP contribution in [0.2, 0.25) is 5.02 Å². The molecule has 0 unspecified atom stereocenters. The molecule has 0 aliphatic rings. The van der Waals surface area contributed by atoms with Crippen molar-refractivity contribution < 1.29 is 14.7 Å². The van der Waals surface area contributed by atoms with E-state index >= 15 is 0 Å². The molecule has 0 radical (unpaired) electrons. The summed E-state index contributed by atoms with van der Waals surface area (Å²) in [6.07, 6.45) is 5.38. The number of rotatable bonds is 4. The topological polar surface area (TPSA) is 95.1 Å². The normalized spacial score (nSPS) is 10.8. The molecule has 2 aromatic heterocycles. The van der Waals surface area contributed by atoms with Crippen LogP contribution in [0.1, 0.15) is 15.4 Å². The second kappa shape index (κ2) is 5.68. The van der Waals surface area contributed by atoms with Gasteiger partial charge in [0.25, 0.3) is 5.91 Å². The number of aromatic nitrogens is 2. The number of amides is 1. The number of carbonyl (C=O) groups excluding carboxylic acids is 1. The molecule has 0 saturated carbocycles. The monoisotopic (exact) mass is 297 g/mol. The van der Waals surface area contributed by atoms with Gasteiger partial charge in [-0.1, -0.05) is 22.9 Å². The summed E-state index contributed by atoms with van der Waals surface area (Å²) >= 11 is 6.86. The molecule has 2 aromatic rings. The first-order valence-electron chi connectivity index (χ1n) is 5.06. The number of hydrogen-bond donors (Lipinski definition) is 3. The third-order valence-electron chi connectivity index (χ3n) is 2.03. The lowest BCUT2D eigenvalue weighted by Gasteiger charge is -1.97. The highest BCUT2D eigenvalue weighted by Gasteiger charge is 2.10. The summed E-state index contributed by atoms with van der Waals surface area (Å²) in [5.74, 6) is -1.41. The fourth-order valence-electron chi connectivity index (χ4n) is 1.24. The van der Waals surface area contributed by atoms with Crippen LogP contribution in [0.15, 0.2) is 24.5 Å². The van der Waals surface area contributed by atoms with Gasteiger partial charge in [-0.15, -0.1) is 0 Å². The van der Waals surface area contributed by atoms with Crippen LogP contribution in [-0.4, -0.2) is 27.0 Å². The number of nitrogens with one attached hydrogen (secondary N) is 2. The molecule has 0 aliphatic carbocycles. The van der Waals surface area contributed by atoms with Gasteiger partial charge in [-0.3, -0.25) is 10.1 Å². The second-order valence-corrected chi connectivity index (χ2v) is 4.92. The first-order valence-corrected chi connectivity index (χ1v) is 6.26. The van der Waals surface area contributed by atoms with E-state index in [1.807, 2.05) is 0 Å². The van der Waals surface area contributed by atoms with Crippen molar-refractivity contribution in [2.24, 2.45) is 0 Å². The summed E-state index contributed by atoms with van der Waals surface area (Å²) < 4.78 is 0. The Morgan fingerprint density at radius 2 is 2.32 bits per heavy atom. The van der Waals surface area contributed by atoms with Gasteiger partial charge in [0.1, 0.15) is 5.69 Å². The molecule has 0 fully saturated rings. The summed E-state index contributed by atoms with van der Waals surface area (Å²) in [7, 11) is 0. The predicted molar refractivity (Wildman–Crippen MR) is 72.5 cm³/mol. The molecule has 0 bridgehead atoms. The zero-order valence-electron chi connectivity index (χ0n) is 9.38. The number of carboxylic acid groups (broad SMARTS) is 1. The van der Waals surface area contributed by atoms with Crippen molar-refractivity contribution in [3.8, 4) is 0 Å². The number of nitrogens with zero attached hydrogens (tertiary/aromatic N) is 1. The van der Waals surface area contributed by atoms with Gasteiger partial charge in [0.15, 0.2) is 5.13 Å². The van der Waals surface area contributed by atoms with Gasteiger partial charge in [-0.2, -0.15) is 0 Å². The molecule has 19 heavy (non-hydrogen) atoms. The fourth-order valence-corrected chi connectivity index (χ4v) is 2.12. The predicted octanol–water partition coefficient (Wildman–Crippen LogP) is 2.47. The van der Waals surface area contributed by atoms with E-state index in [1.165, 1.54) is 24.5 Å². The lowest BCUT2D eigenvalue weighted by Crippen LogP contribution is -2.11. The minimum absolute atomic E-state index is 0.322. The molecule has 3 N–H and O–H groups in total. The number of aliphatic carboxylic acids is 1. The van der Waals surface area contributed by atoms with Gasteiger partial charge in [0.2, 0.25) is 0 Å². The van der Waals surface area contributed by atoms with Gasteiger partial charge in [-0.05, 0) is 12.1 Å². The average molecular weight is 298 g/mol. The van der Waals surface area contributed by atoms with Crippen LogP contribution in [0, 0.1) is 0 Å². The van der Waals surface area contributed by atoms with Crippen molar-refractivity contribution in [1.29, 1.82) is 0 Å². The van der Waals surface area contributed by atoms with E-state index in [0.717, 1.165) is 17.4 Å². The molecule has 6 nitrogen and oxygen atoms in total. The Hall–Kier alpha value is -2.12. The van der Waals surface area contributed by atoms with E-state index in [2.05, 4.69) is 15.3 Å². The highest BCUT2D eigenvalue weighted by molar-refractivity contribution is 7.16. The molecule has 2 heterocycles. The van der Waals surface area contributed by atoms with Crippen molar-refractivity contribution in [2.45, 2.75) is 0 Å². The van der Waals surface area contributed by atoms with E-state index < -0.39 is 5.97 Å². The molecule has 0 aliphatic heterocycles. The molecule has 0 atom stereocenters. The van der Waals surface area contributed by atoms with E-state index in [0.29, 0.717) is 20.7 Å². The molecule has 0 aromatic carbocycles. The maximum Gasteiger partial charge on any atom is 0.328 e. The summed E-state index contributed by atoms with van der Waals surface area (Å²) in [6.45, 7) is 0. The molecule has 8 heteroatoms. The Bertz CT molecular complexity index is 647. The molecular formula is C11H8ClN3O3S. The van der Waals surface area contributed by atoms with Gasteiger partial charge in [0, 0.05) is 23.3 Å². The van der Waals surface area contributed by atoms with E-state index in [4.69, 9.17) is 16.7 Å². The Balaban J connectivity index is 2.04. The summed E-state index contributed by atoms with van der Waals surface area (Å²) in [6, 6.07) is 1.50. The number of halogens is 1. The Labute approximate surface area is 116 Å². The number of H-pyrrole nitrogens is 1. The van der Waals surface area contributed by atoms with Crippen LogP contribution >= 0.6 is 22.9 Å². The number of carbonyl (C=O) groups is 2. The maximum absolute atomic E-state index is 11.8. The van der Waals surface area contributed by atoms with Gasteiger partial charge in [-0.25, -0.2) is 9.78 Å². The lowest BCUT2D eigenvalue weighted by atomic mass is 10.4. The van der Waals surface area contributed by atoms with Crippen LogP contribution in [0.5, 0.6) is 0 Å². The summed E-state index contributed by atoms with van der Waals surface area (Å²) in [4.78, 5) is 29.4. The van der Waals surface area contributed by atoms with Crippen molar-refractivity contribution in [3.63, 3.8) is 0 Å². The number of carboxylic acids is 1. The molecule has 1 amide bonds. The highest BCUT2D eigenvalue weighted by atomic mass is 35.5. The van der Waals surface area contributed by atoms with Crippen LogP contribution < -0.4 is 5.32 Å². The first-order chi connectivity index (χ1) is 9.04. The minimum Gasteiger partial charge on any atom is -0.478 e. The number of hydrogen-bond acceptors (Lipinski definition) is 4. The minimum atomic E-state index is -1.04. The summed E-state index contributed by atoms with van der Waals surface area (Å²) in [5, 5.41) is 11.9. The largest absolute Gasteiger partial charge is 0.478 e. The Morgan fingerprint density at radius 3 is 2.95 bits per heavy atom. The molecular weight excluding hydrogens is 290 g/mol. The SMILES string of the molecule is O=C(O)/C=C/c1cnc(NC(=O)c2cc(Cl)c[nH]2)s1. The van der Waals surface area contributed by atoms with Crippen molar-refractivity contribution in [1.82, 2.24) is 9.97 Å². The van der Waals surface area contributed by atoms with Gasteiger partial charge in [0.05, 0.1) is 5.02 Å². The van der Waals surface area contributed by atoms with E-state index in [9.17, 15) is 9.59 Å². The van der Waals surface area contributed by atoms with Crippen molar-refractivity contribution in [3.05, 3.63) is 40.1 Å². The fraction of sp³-hybridized carbons (Fsp3) is 0. The van der Waals surface area contributed by atoms with Crippen molar-refractivity contribution >= 4 is 46.0 Å². The first kappa shape index (κ1) is 13.3. The van der Waals surface area contributed by atoms with Gasteiger partial charge < -0.3 is 10.1 Å². The zero-order valence-corrected chi connectivity index (χ0v) is 11.0. The molecule has 2 rings (SSSR count). The highest BCUT2D eigenvalue weighted by Crippen LogP contribution is 2.20. The van der Waals surface area contributed by atoms with Crippen LogP contribution in [0.3, 0.4) is 0 Å². The maximum atomic E-state index is 11.8. The average Bonchev–Trinajstić information content (AvgIpc) is 2.95. The number of anilines is 1.